The number of benzene rings is 1. The second-order valence-electron chi connectivity index (χ2n) is 8.35. The summed E-state index contributed by atoms with van der Waals surface area (Å²) in [5.74, 6) is 0.0896. The van der Waals surface area contributed by atoms with Gasteiger partial charge in [-0.2, -0.15) is 0 Å². The quantitative estimate of drug-likeness (QED) is 0.196. The normalized spacial score (nSPS) is 22.5. The van der Waals surface area contributed by atoms with Gasteiger partial charge >= 0.3 is 0 Å². The highest BCUT2D eigenvalue weighted by atomic mass is 16.5. The zero-order valence-electron chi connectivity index (χ0n) is 19.1. The van der Waals surface area contributed by atoms with Crippen LogP contribution in [0.25, 0.3) is 21.6 Å². The van der Waals surface area contributed by atoms with E-state index in [2.05, 4.69) is 30.3 Å². The van der Waals surface area contributed by atoms with E-state index in [0.29, 0.717) is 22.7 Å². The molecule has 1 fully saturated rings. The average Bonchev–Trinajstić information content (AvgIpc) is 3.41. The van der Waals surface area contributed by atoms with Crippen LogP contribution in [0.1, 0.15) is 11.8 Å². The first-order valence-electron chi connectivity index (χ1n) is 10.8. The smallest absolute Gasteiger partial charge is 0.237 e. The summed E-state index contributed by atoms with van der Waals surface area (Å²) in [5, 5.41) is 27.1. The monoisotopic (exact) mass is 482 g/mol. The Morgan fingerprint density at radius 2 is 2.09 bits per heavy atom. The van der Waals surface area contributed by atoms with Crippen LogP contribution < -0.4 is 16.0 Å². The number of aromatic nitrogens is 4. The molecule has 2 aromatic heterocycles. The van der Waals surface area contributed by atoms with Crippen LogP contribution in [0.3, 0.4) is 0 Å². The standard InChI is InChI=1S/C21H26N10O4/c1-30(2)18-16-19(25-9-24-18)31(10-26-16)21-17(33)15(14(8-32)35-21)27-20(34)13(22)7-11-3-5-12(6-4-11)28-29-23/h3-6,9-10,13-15,17,21,32-33H,7-8,22H2,1-2H3,(H,27,34). The topological polar surface area (TPSA) is 200 Å². The van der Waals surface area contributed by atoms with Crippen molar-refractivity contribution in [2.75, 3.05) is 25.6 Å². The molecule has 184 valence electrons. The van der Waals surface area contributed by atoms with Gasteiger partial charge < -0.3 is 30.9 Å². The van der Waals surface area contributed by atoms with E-state index in [4.69, 9.17) is 16.0 Å². The fourth-order valence-electron chi connectivity index (χ4n) is 4.03. The van der Waals surface area contributed by atoms with Crippen molar-refractivity contribution in [1.29, 1.82) is 0 Å². The summed E-state index contributed by atoms with van der Waals surface area (Å²) in [5.41, 5.74) is 16.8. The molecule has 35 heavy (non-hydrogen) atoms. The third-order valence-corrected chi connectivity index (χ3v) is 5.79. The summed E-state index contributed by atoms with van der Waals surface area (Å²) in [4.78, 5) is 30.2. The molecule has 0 bridgehead atoms. The molecule has 1 aromatic carbocycles. The van der Waals surface area contributed by atoms with E-state index in [-0.39, 0.29) is 6.42 Å². The number of aliphatic hydroxyl groups is 2. The van der Waals surface area contributed by atoms with Crippen molar-refractivity contribution >= 4 is 28.6 Å². The Balaban J connectivity index is 1.48. The first-order chi connectivity index (χ1) is 16.8. The SMILES string of the molecule is CN(C)c1ncnc2c1ncn2C1OC(CO)C(NC(=O)C(N)Cc2ccc(N=[N+]=[N-])cc2)C1O. The summed E-state index contributed by atoms with van der Waals surface area (Å²) in [6, 6.07) is 4.85. The van der Waals surface area contributed by atoms with Crippen molar-refractivity contribution in [1.82, 2.24) is 24.8 Å². The van der Waals surface area contributed by atoms with Gasteiger partial charge in [0, 0.05) is 24.7 Å². The fourth-order valence-corrected chi connectivity index (χ4v) is 4.03. The molecule has 5 unspecified atom stereocenters. The molecule has 0 saturated carbocycles. The predicted octanol–water partition coefficient (Wildman–Crippen LogP) is 0.140. The number of amides is 1. The maximum atomic E-state index is 12.8. The summed E-state index contributed by atoms with van der Waals surface area (Å²) in [7, 11) is 3.65. The van der Waals surface area contributed by atoms with Crippen LogP contribution in [-0.4, -0.2) is 80.6 Å². The highest BCUT2D eigenvalue weighted by Crippen LogP contribution is 2.32. The first-order valence-corrected chi connectivity index (χ1v) is 10.8. The minimum absolute atomic E-state index is 0.218. The lowest BCUT2D eigenvalue weighted by molar-refractivity contribution is -0.124. The number of ether oxygens (including phenoxy) is 1. The van der Waals surface area contributed by atoms with Gasteiger partial charge in [-0.3, -0.25) is 9.36 Å². The molecule has 0 spiro atoms. The number of anilines is 1. The van der Waals surface area contributed by atoms with Gasteiger partial charge in [-0.25, -0.2) is 15.0 Å². The van der Waals surface area contributed by atoms with Crippen LogP contribution >= 0.6 is 0 Å². The largest absolute Gasteiger partial charge is 0.394 e. The lowest BCUT2D eigenvalue weighted by atomic mass is 10.0. The Kier molecular flexibility index (Phi) is 7.10. The lowest BCUT2D eigenvalue weighted by Gasteiger charge is -2.23. The number of fused-ring (bicyclic) bond motifs is 1. The van der Waals surface area contributed by atoms with Gasteiger partial charge in [0.05, 0.1) is 25.0 Å². The molecule has 0 aliphatic carbocycles. The van der Waals surface area contributed by atoms with Crippen molar-refractivity contribution < 1.29 is 19.7 Å². The van der Waals surface area contributed by atoms with E-state index in [1.807, 2.05) is 14.1 Å². The number of rotatable bonds is 8. The van der Waals surface area contributed by atoms with Crippen molar-refractivity contribution in [2.24, 2.45) is 10.8 Å². The molecule has 3 heterocycles. The molecule has 4 rings (SSSR count). The van der Waals surface area contributed by atoms with E-state index in [1.54, 1.807) is 33.7 Å². The maximum absolute atomic E-state index is 12.8. The van der Waals surface area contributed by atoms with Crippen molar-refractivity contribution in [2.45, 2.75) is 36.9 Å². The van der Waals surface area contributed by atoms with Crippen LogP contribution in [0.2, 0.25) is 0 Å². The molecule has 14 nitrogen and oxygen atoms in total. The average molecular weight is 483 g/mol. The number of aliphatic hydroxyl groups excluding tert-OH is 2. The van der Waals surface area contributed by atoms with Gasteiger partial charge in [-0.1, -0.05) is 29.4 Å². The Hall–Kier alpha value is -3.81. The number of hydrogen-bond acceptors (Lipinski definition) is 10. The molecule has 1 amide bonds. The molecular formula is C21H26N10O4. The number of imidazole rings is 1. The van der Waals surface area contributed by atoms with Crippen molar-refractivity contribution in [3.63, 3.8) is 0 Å². The number of nitrogens with zero attached hydrogens (tertiary/aromatic N) is 8. The number of azide groups is 1. The van der Waals surface area contributed by atoms with Crippen molar-refractivity contribution in [3.05, 3.63) is 52.9 Å². The highest BCUT2D eigenvalue weighted by molar-refractivity contribution is 5.83. The van der Waals surface area contributed by atoms with Gasteiger partial charge in [0.1, 0.15) is 18.5 Å². The van der Waals surface area contributed by atoms with Crippen LogP contribution in [0.5, 0.6) is 0 Å². The van der Waals surface area contributed by atoms with E-state index in [0.717, 1.165) is 5.56 Å². The van der Waals surface area contributed by atoms with Gasteiger partial charge in [0.25, 0.3) is 0 Å². The zero-order chi connectivity index (χ0) is 25.1. The molecule has 0 radical (unpaired) electrons. The number of carbonyl (C=O) groups is 1. The van der Waals surface area contributed by atoms with Crippen LogP contribution in [0.15, 0.2) is 42.0 Å². The molecule has 3 aromatic rings. The second-order valence-corrected chi connectivity index (χ2v) is 8.35. The summed E-state index contributed by atoms with van der Waals surface area (Å²) >= 11 is 0. The van der Waals surface area contributed by atoms with Crippen molar-refractivity contribution in [3.8, 4) is 0 Å². The minimum Gasteiger partial charge on any atom is -0.394 e. The lowest BCUT2D eigenvalue weighted by Crippen LogP contribution is -2.53. The molecule has 14 heteroatoms. The Bertz CT molecular complexity index is 1240. The summed E-state index contributed by atoms with van der Waals surface area (Å²) < 4.78 is 7.43. The second kappa shape index (κ2) is 10.2. The Morgan fingerprint density at radius 1 is 1.34 bits per heavy atom. The van der Waals surface area contributed by atoms with Gasteiger partial charge in [-0.05, 0) is 17.5 Å². The Morgan fingerprint density at radius 3 is 2.74 bits per heavy atom. The zero-order valence-corrected chi connectivity index (χ0v) is 19.1. The summed E-state index contributed by atoms with van der Waals surface area (Å²) in [6.45, 7) is -0.431. The predicted molar refractivity (Wildman–Crippen MR) is 126 cm³/mol. The first kappa shape index (κ1) is 24.3. The molecule has 1 saturated heterocycles. The summed E-state index contributed by atoms with van der Waals surface area (Å²) in [6.07, 6.45) is 0.0543. The number of carbonyl (C=O) groups excluding carboxylic acids is 1. The fraction of sp³-hybridized carbons (Fsp3) is 0.429. The molecular weight excluding hydrogens is 456 g/mol. The van der Waals surface area contributed by atoms with Crippen LogP contribution in [-0.2, 0) is 16.0 Å². The third-order valence-electron chi connectivity index (χ3n) is 5.79. The van der Waals surface area contributed by atoms with Crippen LogP contribution in [0, 0.1) is 0 Å². The third kappa shape index (κ3) is 4.87. The van der Waals surface area contributed by atoms with Gasteiger partial charge in [0.15, 0.2) is 23.2 Å². The van der Waals surface area contributed by atoms with Crippen LogP contribution in [0.4, 0.5) is 11.5 Å². The number of nitrogens with one attached hydrogen (secondary N) is 1. The minimum atomic E-state index is -1.21. The molecule has 1 aliphatic heterocycles. The van der Waals surface area contributed by atoms with E-state index < -0.39 is 43.0 Å². The maximum Gasteiger partial charge on any atom is 0.237 e. The molecule has 5 N–H and O–H groups in total. The number of nitrogens with two attached hydrogens (primary N) is 1. The van der Waals surface area contributed by atoms with Gasteiger partial charge in [0.2, 0.25) is 5.91 Å². The van der Waals surface area contributed by atoms with E-state index >= 15 is 0 Å². The van der Waals surface area contributed by atoms with Gasteiger partial charge in [-0.15, -0.1) is 0 Å². The van der Waals surface area contributed by atoms with E-state index in [1.165, 1.54) is 12.7 Å². The highest BCUT2D eigenvalue weighted by Gasteiger charge is 2.46. The Labute approximate surface area is 200 Å². The molecule has 1 aliphatic rings. The molecule has 5 atom stereocenters. The number of hydrogen-bond donors (Lipinski definition) is 4. The van der Waals surface area contributed by atoms with E-state index in [9.17, 15) is 15.0 Å².